The molecule has 0 amide bonds. The number of halogens is 5. The van der Waals surface area contributed by atoms with Crippen LogP contribution in [0.15, 0.2) is 18.2 Å². The van der Waals surface area contributed by atoms with Gasteiger partial charge in [-0.05, 0) is 24.1 Å². The molecule has 1 aromatic rings. The van der Waals surface area contributed by atoms with E-state index < -0.39 is 18.6 Å². The molecule has 1 aromatic carbocycles. The van der Waals surface area contributed by atoms with E-state index in [2.05, 4.69) is 5.32 Å². The molecule has 1 fully saturated rings. The zero-order valence-electron chi connectivity index (χ0n) is 11.7. The third kappa shape index (κ3) is 5.13. The summed E-state index contributed by atoms with van der Waals surface area (Å²) in [6, 6.07) is 3.49. The zero-order valence-corrected chi connectivity index (χ0v) is 12.5. The van der Waals surface area contributed by atoms with Crippen LogP contribution in [0.3, 0.4) is 0 Å². The Morgan fingerprint density at radius 2 is 1.86 bits per heavy atom. The number of piperazine rings is 1. The molecule has 0 aromatic heterocycles. The van der Waals surface area contributed by atoms with Crippen LogP contribution in [0.4, 0.5) is 17.6 Å². The smallest absolute Gasteiger partial charge is 0.314 e. The summed E-state index contributed by atoms with van der Waals surface area (Å²) < 4.78 is 51.7. The molecule has 1 N–H and O–H groups in total. The Labute approximate surface area is 127 Å². The van der Waals surface area contributed by atoms with E-state index in [1.807, 2.05) is 4.90 Å². The third-order valence-corrected chi connectivity index (χ3v) is 3.58. The summed E-state index contributed by atoms with van der Waals surface area (Å²) in [6.45, 7) is 4.05. The molecule has 0 bridgehead atoms. The number of alkyl halides is 3. The van der Waals surface area contributed by atoms with E-state index in [4.69, 9.17) is 0 Å². The van der Waals surface area contributed by atoms with Gasteiger partial charge in [0.25, 0.3) is 0 Å². The second-order valence-corrected chi connectivity index (χ2v) is 5.13. The lowest BCUT2D eigenvalue weighted by molar-refractivity contribution is -0.148. The molecule has 1 atom stereocenters. The minimum Gasteiger partial charge on any atom is -0.314 e. The molecule has 0 saturated carbocycles. The van der Waals surface area contributed by atoms with Crippen molar-refractivity contribution in [1.82, 2.24) is 10.2 Å². The summed E-state index contributed by atoms with van der Waals surface area (Å²) in [7, 11) is 0. The fraction of sp³-hybridized carbons (Fsp3) is 0.571. The van der Waals surface area contributed by atoms with Crippen LogP contribution in [-0.4, -0.2) is 37.3 Å². The maximum absolute atomic E-state index is 13.3. The van der Waals surface area contributed by atoms with Crippen molar-refractivity contribution in [2.75, 3.05) is 26.2 Å². The van der Waals surface area contributed by atoms with Crippen molar-refractivity contribution in [3.8, 4) is 0 Å². The number of aryl methyl sites for hydroxylation is 1. The molecule has 2 nitrogen and oxygen atoms in total. The Morgan fingerprint density at radius 3 is 2.38 bits per heavy atom. The summed E-state index contributed by atoms with van der Waals surface area (Å²) in [4.78, 5) is 1.82. The van der Waals surface area contributed by atoms with Gasteiger partial charge in [0.2, 0.25) is 0 Å². The average molecular weight is 327 g/mol. The maximum atomic E-state index is 13.3. The molecule has 120 valence electrons. The van der Waals surface area contributed by atoms with E-state index in [0.29, 0.717) is 37.3 Å². The zero-order chi connectivity index (χ0) is 14.8. The van der Waals surface area contributed by atoms with Crippen molar-refractivity contribution in [3.63, 3.8) is 0 Å². The highest BCUT2D eigenvalue weighted by atomic mass is 35.5. The molecule has 1 aliphatic heterocycles. The lowest BCUT2D eigenvalue weighted by atomic mass is 9.99. The highest BCUT2D eigenvalue weighted by Crippen LogP contribution is 2.34. The third-order valence-electron chi connectivity index (χ3n) is 3.58. The minimum absolute atomic E-state index is 0. The molecule has 1 heterocycles. The molecule has 1 saturated heterocycles. The lowest BCUT2D eigenvalue weighted by Gasteiger charge is -2.35. The normalized spacial score (nSPS) is 18.1. The van der Waals surface area contributed by atoms with Gasteiger partial charge in [-0.15, -0.1) is 12.4 Å². The van der Waals surface area contributed by atoms with Crippen molar-refractivity contribution in [3.05, 3.63) is 35.1 Å². The van der Waals surface area contributed by atoms with Crippen LogP contribution in [0.2, 0.25) is 0 Å². The summed E-state index contributed by atoms with van der Waals surface area (Å²) in [6.07, 6.45) is -5.14. The topological polar surface area (TPSA) is 15.3 Å². The average Bonchev–Trinajstić information content (AvgIpc) is 2.39. The molecular weight excluding hydrogens is 308 g/mol. The Kier molecular flexibility index (Phi) is 6.43. The standard InChI is InChI=1S/C14H18F4N2.ClH/c1-10-8-11(2-3-12(10)15)13(9-14(16,17)18)20-6-4-19-5-7-20;/h2-3,8,13,19H,4-7,9H2,1H3;1H/t13-;/m1./s1. The largest absolute Gasteiger partial charge is 0.390 e. The predicted molar refractivity (Wildman–Crippen MR) is 76.2 cm³/mol. The van der Waals surface area contributed by atoms with Crippen LogP contribution in [0, 0.1) is 12.7 Å². The van der Waals surface area contributed by atoms with Crippen molar-refractivity contribution < 1.29 is 17.6 Å². The van der Waals surface area contributed by atoms with E-state index in [1.165, 1.54) is 18.2 Å². The number of hydrogen-bond acceptors (Lipinski definition) is 2. The number of benzene rings is 1. The van der Waals surface area contributed by atoms with Crippen LogP contribution in [0.25, 0.3) is 0 Å². The summed E-state index contributed by atoms with van der Waals surface area (Å²) >= 11 is 0. The van der Waals surface area contributed by atoms with Crippen molar-refractivity contribution >= 4 is 12.4 Å². The molecule has 0 spiro atoms. The maximum Gasteiger partial charge on any atom is 0.390 e. The van der Waals surface area contributed by atoms with Gasteiger partial charge in [-0.1, -0.05) is 12.1 Å². The van der Waals surface area contributed by atoms with Crippen LogP contribution in [0.5, 0.6) is 0 Å². The van der Waals surface area contributed by atoms with Crippen molar-refractivity contribution in [2.45, 2.75) is 25.6 Å². The molecule has 0 radical (unpaired) electrons. The van der Waals surface area contributed by atoms with Crippen molar-refractivity contribution in [2.24, 2.45) is 0 Å². The van der Waals surface area contributed by atoms with Gasteiger partial charge in [0.05, 0.1) is 6.42 Å². The summed E-state index contributed by atoms with van der Waals surface area (Å²) in [5, 5.41) is 3.12. The molecule has 21 heavy (non-hydrogen) atoms. The Bertz CT molecular complexity index is 459. The first kappa shape index (κ1) is 18.2. The highest BCUT2D eigenvalue weighted by molar-refractivity contribution is 5.85. The minimum atomic E-state index is -4.24. The highest BCUT2D eigenvalue weighted by Gasteiger charge is 2.36. The first-order valence-electron chi connectivity index (χ1n) is 6.64. The van der Waals surface area contributed by atoms with E-state index in [9.17, 15) is 17.6 Å². The second-order valence-electron chi connectivity index (χ2n) is 5.13. The van der Waals surface area contributed by atoms with Gasteiger partial charge in [-0.25, -0.2) is 4.39 Å². The second kappa shape index (κ2) is 7.42. The van der Waals surface area contributed by atoms with Gasteiger partial charge in [-0.2, -0.15) is 13.2 Å². The predicted octanol–water partition coefficient (Wildman–Crippen LogP) is 3.45. The fourth-order valence-corrected chi connectivity index (χ4v) is 2.55. The molecular formula is C14H19ClF4N2. The quantitative estimate of drug-likeness (QED) is 0.856. The van der Waals surface area contributed by atoms with Crippen LogP contribution < -0.4 is 5.32 Å². The lowest BCUT2D eigenvalue weighted by Crippen LogP contribution is -2.46. The molecule has 2 rings (SSSR count). The van der Waals surface area contributed by atoms with Crippen molar-refractivity contribution in [1.29, 1.82) is 0 Å². The van der Waals surface area contributed by atoms with Crippen LogP contribution >= 0.6 is 12.4 Å². The van der Waals surface area contributed by atoms with E-state index in [0.717, 1.165) is 0 Å². The molecule has 0 aliphatic carbocycles. The van der Waals surface area contributed by atoms with Crippen LogP contribution in [-0.2, 0) is 0 Å². The Morgan fingerprint density at radius 1 is 1.24 bits per heavy atom. The SMILES string of the molecule is Cc1cc([C@@H](CC(F)(F)F)N2CCNCC2)ccc1F.Cl. The molecule has 0 unspecified atom stereocenters. The summed E-state index contributed by atoms with van der Waals surface area (Å²) in [5.74, 6) is -0.389. The first-order valence-corrected chi connectivity index (χ1v) is 6.64. The number of nitrogens with zero attached hydrogens (tertiary/aromatic N) is 1. The van der Waals surface area contributed by atoms with E-state index >= 15 is 0 Å². The van der Waals surface area contributed by atoms with Gasteiger partial charge in [0.15, 0.2) is 0 Å². The summed E-state index contributed by atoms with van der Waals surface area (Å²) in [5.41, 5.74) is 0.910. The fourth-order valence-electron chi connectivity index (χ4n) is 2.55. The van der Waals surface area contributed by atoms with Gasteiger partial charge in [0.1, 0.15) is 5.82 Å². The molecule has 1 aliphatic rings. The van der Waals surface area contributed by atoms with E-state index in [1.54, 1.807) is 6.92 Å². The first-order chi connectivity index (χ1) is 9.37. The van der Waals surface area contributed by atoms with Gasteiger partial charge in [-0.3, -0.25) is 4.90 Å². The van der Waals surface area contributed by atoms with Crippen LogP contribution in [0.1, 0.15) is 23.6 Å². The number of rotatable bonds is 3. The Balaban J connectivity index is 0.00000220. The van der Waals surface area contributed by atoms with Gasteiger partial charge >= 0.3 is 6.18 Å². The van der Waals surface area contributed by atoms with Gasteiger partial charge < -0.3 is 5.32 Å². The number of hydrogen-bond donors (Lipinski definition) is 1. The molecule has 7 heteroatoms. The van der Waals surface area contributed by atoms with E-state index in [-0.39, 0.29) is 18.2 Å². The monoisotopic (exact) mass is 326 g/mol. The number of nitrogens with one attached hydrogen (secondary N) is 1. The van der Waals surface area contributed by atoms with Gasteiger partial charge in [0, 0.05) is 32.2 Å². The Hall–Kier alpha value is -0.850.